The fourth-order valence-corrected chi connectivity index (χ4v) is 2.53. The number of likely N-dealkylation sites (tertiary alicyclic amines) is 1. The van der Waals surface area contributed by atoms with E-state index < -0.39 is 0 Å². The lowest BCUT2D eigenvalue weighted by Gasteiger charge is -2.36. The summed E-state index contributed by atoms with van der Waals surface area (Å²) >= 11 is 0. The van der Waals surface area contributed by atoms with Crippen molar-refractivity contribution in [3.8, 4) is 0 Å². The van der Waals surface area contributed by atoms with Gasteiger partial charge in [-0.1, -0.05) is 13.0 Å². The molecule has 2 heterocycles. The van der Waals surface area contributed by atoms with Crippen molar-refractivity contribution >= 4 is 5.82 Å². The summed E-state index contributed by atoms with van der Waals surface area (Å²) < 4.78 is 0. The van der Waals surface area contributed by atoms with Crippen molar-refractivity contribution in [3.63, 3.8) is 0 Å². The highest BCUT2D eigenvalue weighted by atomic mass is 15.2. The normalized spacial score (nSPS) is 25.8. The van der Waals surface area contributed by atoms with E-state index in [1.165, 1.54) is 24.9 Å². The van der Waals surface area contributed by atoms with Crippen LogP contribution in [0.2, 0.25) is 0 Å². The van der Waals surface area contributed by atoms with Gasteiger partial charge in [-0.2, -0.15) is 0 Å². The maximum absolute atomic E-state index is 5.30. The van der Waals surface area contributed by atoms with Crippen molar-refractivity contribution in [1.29, 1.82) is 0 Å². The van der Waals surface area contributed by atoms with E-state index in [0.29, 0.717) is 11.9 Å². The number of rotatable bonds is 3. The van der Waals surface area contributed by atoms with E-state index in [9.17, 15) is 0 Å². The third-order valence-corrected chi connectivity index (χ3v) is 3.63. The summed E-state index contributed by atoms with van der Waals surface area (Å²) in [7, 11) is 0. The molecule has 94 valence electrons. The van der Waals surface area contributed by atoms with E-state index in [1.807, 2.05) is 12.3 Å². The lowest BCUT2D eigenvalue weighted by molar-refractivity contribution is 0.122. The first-order chi connectivity index (χ1) is 8.19. The quantitative estimate of drug-likeness (QED) is 0.620. The average molecular weight is 234 g/mol. The average Bonchev–Trinajstić information content (AvgIpc) is 2.34. The van der Waals surface area contributed by atoms with Crippen LogP contribution >= 0.6 is 0 Å². The van der Waals surface area contributed by atoms with E-state index in [1.54, 1.807) is 0 Å². The molecule has 0 aromatic carbocycles. The molecule has 2 rings (SSSR count). The molecular formula is C13H22N4. The van der Waals surface area contributed by atoms with Crippen LogP contribution in [0.15, 0.2) is 18.3 Å². The Labute approximate surface area is 103 Å². The zero-order valence-corrected chi connectivity index (χ0v) is 10.7. The Hall–Kier alpha value is -1.13. The number of anilines is 1. The van der Waals surface area contributed by atoms with Crippen molar-refractivity contribution < 1.29 is 0 Å². The van der Waals surface area contributed by atoms with Crippen LogP contribution in [0.3, 0.4) is 0 Å². The summed E-state index contributed by atoms with van der Waals surface area (Å²) in [5, 5.41) is 0. The fourth-order valence-electron chi connectivity index (χ4n) is 2.53. The lowest BCUT2D eigenvalue weighted by atomic mass is 9.93. The Bertz CT molecular complexity index is 349. The van der Waals surface area contributed by atoms with Crippen LogP contribution in [0.5, 0.6) is 0 Å². The Balaban J connectivity index is 1.95. The number of hydrogen-bond donors (Lipinski definition) is 2. The number of nitrogens with zero attached hydrogens (tertiary/aromatic N) is 2. The molecule has 4 nitrogen and oxygen atoms in total. The minimum Gasteiger partial charge on any atom is -0.308 e. The zero-order valence-electron chi connectivity index (χ0n) is 10.7. The molecule has 2 atom stereocenters. The number of hydrazine groups is 1. The summed E-state index contributed by atoms with van der Waals surface area (Å²) in [5.74, 6) is 6.88. The van der Waals surface area contributed by atoms with Gasteiger partial charge in [0, 0.05) is 18.8 Å². The van der Waals surface area contributed by atoms with Crippen LogP contribution in [0, 0.1) is 5.92 Å². The minimum atomic E-state index is 0.672. The Morgan fingerprint density at radius 3 is 2.88 bits per heavy atom. The number of hydrogen-bond acceptors (Lipinski definition) is 4. The molecule has 1 fully saturated rings. The molecule has 0 aliphatic carbocycles. The van der Waals surface area contributed by atoms with Crippen LogP contribution in [-0.2, 0) is 6.54 Å². The summed E-state index contributed by atoms with van der Waals surface area (Å²) in [6, 6.07) is 4.69. The van der Waals surface area contributed by atoms with Crippen LogP contribution in [-0.4, -0.2) is 22.5 Å². The van der Waals surface area contributed by atoms with Gasteiger partial charge in [0.15, 0.2) is 0 Å². The van der Waals surface area contributed by atoms with Crippen LogP contribution < -0.4 is 11.3 Å². The maximum atomic E-state index is 5.30. The van der Waals surface area contributed by atoms with E-state index >= 15 is 0 Å². The molecule has 1 aromatic heterocycles. The maximum Gasteiger partial charge on any atom is 0.139 e. The second-order valence-electron chi connectivity index (χ2n) is 5.15. The van der Waals surface area contributed by atoms with Crippen molar-refractivity contribution in [3.05, 3.63) is 23.9 Å². The molecule has 1 aliphatic rings. The third-order valence-electron chi connectivity index (χ3n) is 3.63. The topological polar surface area (TPSA) is 54.2 Å². The van der Waals surface area contributed by atoms with Gasteiger partial charge in [-0.3, -0.25) is 4.90 Å². The SMILES string of the molecule is CC1CCN(Cc2ccc(NN)nc2)C(C)C1. The molecule has 1 saturated heterocycles. The fraction of sp³-hybridized carbons (Fsp3) is 0.615. The van der Waals surface area contributed by atoms with E-state index in [-0.39, 0.29) is 0 Å². The lowest BCUT2D eigenvalue weighted by Crippen LogP contribution is -2.39. The zero-order chi connectivity index (χ0) is 12.3. The highest BCUT2D eigenvalue weighted by molar-refractivity contribution is 5.33. The first-order valence-electron chi connectivity index (χ1n) is 6.34. The number of nitrogens with one attached hydrogen (secondary N) is 1. The molecule has 0 amide bonds. The van der Waals surface area contributed by atoms with Crippen molar-refractivity contribution in [2.45, 2.75) is 39.3 Å². The second kappa shape index (κ2) is 5.47. The summed E-state index contributed by atoms with van der Waals surface area (Å²) in [4.78, 5) is 6.77. The molecule has 0 saturated carbocycles. The molecular weight excluding hydrogens is 212 g/mol. The number of nitrogens with two attached hydrogens (primary N) is 1. The first kappa shape index (κ1) is 12.3. The van der Waals surface area contributed by atoms with Gasteiger partial charge in [0.1, 0.15) is 5.82 Å². The van der Waals surface area contributed by atoms with Crippen LogP contribution in [0.25, 0.3) is 0 Å². The molecule has 2 unspecified atom stereocenters. The second-order valence-corrected chi connectivity index (χ2v) is 5.15. The van der Waals surface area contributed by atoms with Gasteiger partial charge < -0.3 is 5.43 Å². The van der Waals surface area contributed by atoms with E-state index in [0.717, 1.165) is 12.5 Å². The Morgan fingerprint density at radius 2 is 2.29 bits per heavy atom. The predicted octanol–water partition coefficient (Wildman–Crippen LogP) is 1.99. The molecule has 1 aliphatic heterocycles. The van der Waals surface area contributed by atoms with E-state index in [4.69, 9.17) is 5.84 Å². The van der Waals surface area contributed by atoms with Gasteiger partial charge in [-0.15, -0.1) is 0 Å². The number of pyridine rings is 1. The van der Waals surface area contributed by atoms with Crippen molar-refractivity contribution in [1.82, 2.24) is 9.88 Å². The standard InChI is InChI=1S/C13H22N4/c1-10-5-6-17(11(2)7-10)9-12-3-4-13(16-14)15-8-12/h3-4,8,10-11H,5-7,9,14H2,1-2H3,(H,15,16). The van der Waals surface area contributed by atoms with Crippen molar-refractivity contribution in [2.24, 2.45) is 11.8 Å². The molecule has 0 spiro atoms. The third kappa shape index (κ3) is 3.17. The van der Waals surface area contributed by atoms with Gasteiger partial charge in [0.05, 0.1) is 0 Å². The minimum absolute atomic E-state index is 0.672. The predicted molar refractivity (Wildman–Crippen MR) is 70.3 cm³/mol. The molecule has 4 heteroatoms. The smallest absolute Gasteiger partial charge is 0.139 e. The number of piperidine rings is 1. The molecule has 3 N–H and O–H groups in total. The summed E-state index contributed by atoms with van der Waals surface area (Å²) in [6.07, 6.45) is 4.51. The van der Waals surface area contributed by atoms with Gasteiger partial charge in [-0.25, -0.2) is 10.8 Å². The van der Waals surface area contributed by atoms with Gasteiger partial charge in [0.2, 0.25) is 0 Å². The Morgan fingerprint density at radius 1 is 1.47 bits per heavy atom. The molecule has 17 heavy (non-hydrogen) atoms. The molecule has 0 bridgehead atoms. The van der Waals surface area contributed by atoms with Gasteiger partial charge in [0.25, 0.3) is 0 Å². The van der Waals surface area contributed by atoms with Crippen LogP contribution in [0.4, 0.5) is 5.82 Å². The van der Waals surface area contributed by atoms with E-state index in [2.05, 4.69) is 35.2 Å². The summed E-state index contributed by atoms with van der Waals surface area (Å²) in [5.41, 5.74) is 3.80. The van der Waals surface area contributed by atoms with Crippen LogP contribution in [0.1, 0.15) is 32.3 Å². The van der Waals surface area contributed by atoms with Crippen molar-refractivity contribution in [2.75, 3.05) is 12.0 Å². The number of aromatic nitrogens is 1. The van der Waals surface area contributed by atoms with Gasteiger partial charge in [-0.05, 0) is 43.9 Å². The molecule has 0 radical (unpaired) electrons. The Kier molecular flexibility index (Phi) is 3.97. The monoisotopic (exact) mass is 234 g/mol. The summed E-state index contributed by atoms with van der Waals surface area (Å²) in [6.45, 7) is 6.85. The van der Waals surface area contributed by atoms with Gasteiger partial charge >= 0.3 is 0 Å². The highest BCUT2D eigenvalue weighted by Crippen LogP contribution is 2.23. The number of nitrogen functional groups attached to an aromatic ring is 1. The first-order valence-corrected chi connectivity index (χ1v) is 6.34. The highest BCUT2D eigenvalue weighted by Gasteiger charge is 2.22. The largest absolute Gasteiger partial charge is 0.308 e. The molecule has 1 aromatic rings.